The second-order valence-electron chi connectivity index (χ2n) is 10.9. The fourth-order valence-corrected chi connectivity index (χ4v) is 7.36. The number of carbonyl (C=O) groups excluding carboxylic acids is 2. The van der Waals surface area contributed by atoms with E-state index in [1.807, 2.05) is 30.3 Å². The summed E-state index contributed by atoms with van der Waals surface area (Å²) in [6, 6.07) is 11.1. The molecule has 33 heavy (non-hydrogen) atoms. The van der Waals surface area contributed by atoms with E-state index in [2.05, 4.69) is 15.1 Å². The molecule has 5 rings (SSSR count). The Hall–Kier alpha value is -1.88. The predicted octanol–water partition coefficient (Wildman–Crippen LogP) is 4.62. The fourth-order valence-electron chi connectivity index (χ4n) is 7.36. The third kappa shape index (κ3) is 5.13. The van der Waals surface area contributed by atoms with Crippen molar-refractivity contribution in [3.8, 4) is 0 Å². The van der Waals surface area contributed by atoms with Crippen LogP contribution in [-0.4, -0.2) is 59.4 Å². The number of amides is 2. The van der Waals surface area contributed by atoms with E-state index in [1.54, 1.807) is 0 Å². The van der Waals surface area contributed by atoms with Crippen molar-refractivity contribution < 1.29 is 9.59 Å². The first kappa shape index (κ1) is 22.9. The van der Waals surface area contributed by atoms with Gasteiger partial charge >= 0.3 is 0 Å². The molecule has 0 unspecified atom stereocenters. The molecule has 180 valence electrons. The van der Waals surface area contributed by atoms with Gasteiger partial charge < -0.3 is 10.2 Å². The van der Waals surface area contributed by atoms with Crippen LogP contribution in [0.1, 0.15) is 87.4 Å². The standard InChI is InChI=1S/C28H41N3O2/c32-26(29-23-13-5-2-6-14-23)17-7-16-25-24-15-9-19-30-18-8-12-22(27(24)30)20-31(25)28(33)21-10-3-1-4-11-21/h1,3-4,10-11,22-25,27H,2,5-9,12-20H2,(H,29,32)/t22-,24+,25+,27-/m0/s1. The number of benzene rings is 1. The van der Waals surface area contributed by atoms with E-state index in [0.29, 0.717) is 30.3 Å². The summed E-state index contributed by atoms with van der Waals surface area (Å²) in [6.45, 7) is 3.33. The average Bonchev–Trinajstić information content (AvgIpc) is 2.86. The molecule has 1 aromatic rings. The molecule has 2 amide bonds. The van der Waals surface area contributed by atoms with Crippen molar-refractivity contribution in [1.82, 2.24) is 15.1 Å². The Labute approximate surface area is 199 Å². The van der Waals surface area contributed by atoms with Gasteiger partial charge in [-0.3, -0.25) is 14.5 Å². The molecule has 5 heteroatoms. The zero-order valence-corrected chi connectivity index (χ0v) is 20.1. The molecule has 1 aliphatic carbocycles. The van der Waals surface area contributed by atoms with Crippen molar-refractivity contribution in [2.24, 2.45) is 11.8 Å². The van der Waals surface area contributed by atoms with Gasteiger partial charge in [0.2, 0.25) is 5.91 Å². The maximum atomic E-state index is 13.6. The lowest BCUT2D eigenvalue weighted by atomic mass is 9.69. The Bertz CT molecular complexity index is 805. The minimum atomic E-state index is 0.188. The van der Waals surface area contributed by atoms with E-state index >= 15 is 0 Å². The molecule has 0 aromatic heterocycles. The van der Waals surface area contributed by atoms with Crippen LogP contribution < -0.4 is 5.32 Å². The number of hydrogen-bond donors (Lipinski definition) is 1. The van der Waals surface area contributed by atoms with Crippen LogP contribution in [0.25, 0.3) is 0 Å². The van der Waals surface area contributed by atoms with Crippen LogP contribution in [0.15, 0.2) is 30.3 Å². The smallest absolute Gasteiger partial charge is 0.254 e. The quantitative estimate of drug-likeness (QED) is 0.687. The third-order valence-corrected chi connectivity index (χ3v) is 8.83. The van der Waals surface area contributed by atoms with Crippen LogP contribution in [-0.2, 0) is 4.79 Å². The number of piperidine rings is 3. The Morgan fingerprint density at radius 3 is 2.45 bits per heavy atom. The summed E-state index contributed by atoms with van der Waals surface area (Å²) in [5, 5.41) is 3.28. The van der Waals surface area contributed by atoms with Gasteiger partial charge in [-0.1, -0.05) is 37.5 Å². The normalized spacial score (nSPS) is 30.5. The molecule has 1 saturated carbocycles. The molecule has 3 aliphatic heterocycles. The monoisotopic (exact) mass is 451 g/mol. The van der Waals surface area contributed by atoms with Crippen LogP contribution in [0.2, 0.25) is 0 Å². The summed E-state index contributed by atoms with van der Waals surface area (Å²) in [6.07, 6.45) is 13.4. The second-order valence-corrected chi connectivity index (χ2v) is 10.9. The SMILES string of the molecule is O=C(CCC[C@@H]1[C@H]2CCCN3CCC[C@@H](CN1C(=O)c1ccccc1)[C@@H]23)NC1CCCCC1. The van der Waals surface area contributed by atoms with Crippen molar-refractivity contribution in [3.63, 3.8) is 0 Å². The lowest BCUT2D eigenvalue weighted by Crippen LogP contribution is -2.65. The molecule has 1 aromatic carbocycles. The first-order valence-corrected chi connectivity index (χ1v) is 13.6. The Morgan fingerprint density at radius 2 is 1.67 bits per heavy atom. The highest BCUT2D eigenvalue weighted by molar-refractivity contribution is 5.94. The number of rotatable bonds is 6. The first-order chi connectivity index (χ1) is 16.2. The van der Waals surface area contributed by atoms with Gasteiger partial charge in [-0.15, -0.1) is 0 Å². The Morgan fingerprint density at radius 1 is 0.909 bits per heavy atom. The molecular formula is C28H41N3O2. The minimum absolute atomic E-state index is 0.188. The largest absolute Gasteiger partial charge is 0.353 e. The maximum absolute atomic E-state index is 13.6. The number of nitrogens with one attached hydrogen (secondary N) is 1. The first-order valence-electron chi connectivity index (χ1n) is 13.6. The second kappa shape index (κ2) is 10.6. The van der Waals surface area contributed by atoms with Gasteiger partial charge in [0.1, 0.15) is 0 Å². The van der Waals surface area contributed by atoms with E-state index in [4.69, 9.17) is 0 Å². The van der Waals surface area contributed by atoms with Gasteiger partial charge in [0.05, 0.1) is 0 Å². The molecular weight excluding hydrogens is 410 g/mol. The summed E-state index contributed by atoms with van der Waals surface area (Å²) in [4.78, 5) is 31.2. The van der Waals surface area contributed by atoms with Crippen LogP contribution in [0.5, 0.6) is 0 Å². The van der Waals surface area contributed by atoms with E-state index in [-0.39, 0.29) is 17.9 Å². The van der Waals surface area contributed by atoms with Crippen LogP contribution in [0.4, 0.5) is 0 Å². The average molecular weight is 452 g/mol. The Balaban J connectivity index is 1.28. The maximum Gasteiger partial charge on any atom is 0.254 e. The van der Waals surface area contributed by atoms with Crippen molar-refractivity contribution >= 4 is 11.8 Å². The number of likely N-dealkylation sites (tertiary alicyclic amines) is 1. The molecule has 4 fully saturated rings. The highest BCUT2D eigenvalue weighted by Crippen LogP contribution is 2.43. The number of hydrogen-bond acceptors (Lipinski definition) is 3. The minimum Gasteiger partial charge on any atom is -0.353 e. The lowest BCUT2D eigenvalue weighted by molar-refractivity contribution is -0.122. The highest BCUT2D eigenvalue weighted by atomic mass is 16.2. The third-order valence-electron chi connectivity index (χ3n) is 8.83. The molecule has 0 bridgehead atoms. The van der Waals surface area contributed by atoms with Gasteiger partial charge in [0, 0.05) is 36.7 Å². The van der Waals surface area contributed by atoms with Crippen LogP contribution >= 0.6 is 0 Å². The summed E-state index contributed by atoms with van der Waals surface area (Å²) in [5.41, 5.74) is 0.805. The molecule has 4 atom stereocenters. The summed E-state index contributed by atoms with van der Waals surface area (Å²) >= 11 is 0. The van der Waals surface area contributed by atoms with Crippen LogP contribution in [0.3, 0.4) is 0 Å². The summed E-state index contributed by atoms with van der Waals surface area (Å²) in [7, 11) is 0. The summed E-state index contributed by atoms with van der Waals surface area (Å²) in [5.74, 6) is 1.54. The summed E-state index contributed by atoms with van der Waals surface area (Å²) < 4.78 is 0. The van der Waals surface area contributed by atoms with E-state index in [0.717, 1.165) is 37.8 Å². The molecule has 4 aliphatic rings. The zero-order valence-electron chi connectivity index (χ0n) is 20.1. The van der Waals surface area contributed by atoms with Gasteiger partial charge in [-0.05, 0) is 88.4 Å². The van der Waals surface area contributed by atoms with Crippen LogP contribution in [0, 0.1) is 11.8 Å². The fraction of sp³-hybridized carbons (Fsp3) is 0.714. The van der Waals surface area contributed by atoms with Gasteiger partial charge in [0.15, 0.2) is 0 Å². The molecule has 0 radical (unpaired) electrons. The van der Waals surface area contributed by atoms with Gasteiger partial charge in [-0.2, -0.15) is 0 Å². The van der Waals surface area contributed by atoms with Crippen molar-refractivity contribution in [2.45, 2.75) is 95.2 Å². The lowest BCUT2D eigenvalue weighted by Gasteiger charge is -2.57. The molecule has 3 heterocycles. The topological polar surface area (TPSA) is 52.7 Å². The highest BCUT2D eigenvalue weighted by Gasteiger charge is 2.49. The van der Waals surface area contributed by atoms with Gasteiger partial charge in [-0.25, -0.2) is 0 Å². The number of nitrogens with zero attached hydrogens (tertiary/aromatic N) is 2. The predicted molar refractivity (Wildman–Crippen MR) is 131 cm³/mol. The molecule has 5 nitrogen and oxygen atoms in total. The molecule has 0 spiro atoms. The molecule has 3 saturated heterocycles. The van der Waals surface area contributed by atoms with E-state index in [9.17, 15) is 9.59 Å². The molecule has 1 N–H and O–H groups in total. The van der Waals surface area contributed by atoms with Crippen molar-refractivity contribution in [2.75, 3.05) is 19.6 Å². The van der Waals surface area contributed by atoms with Crippen molar-refractivity contribution in [1.29, 1.82) is 0 Å². The van der Waals surface area contributed by atoms with Gasteiger partial charge in [0.25, 0.3) is 5.91 Å². The van der Waals surface area contributed by atoms with E-state index < -0.39 is 0 Å². The Kier molecular flexibility index (Phi) is 7.34. The number of carbonyl (C=O) groups is 2. The van der Waals surface area contributed by atoms with E-state index in [1.165, 1.54) is 58.0 Å². The van der Waals surface area contributed by atoms with Crippen molar-refractivity contribution in [3.05, 3.63) is 35.9 Å². The zero-order chi connectivity index (χ0) is 22.6.